The predicted octanol–water partition coefficient (Wildman–Crippen LogP) is 0.0164. The fourth-order valence-corrected chi connectivity index (χ4v) is 2.33. The molecule has 98 valence electrons. The van der Waals surface area contributed by atoms with Gasteiger partial charge in [0.1, 0.15) is 5.76 Å². The minimum atomic E-state index is -0.346. The summed E-state index contributed by atoms with van der Waals surface area (Å²) in [4.78, 5) is 25.1. The van der Waals surface area contributed by atoms with Crippen LogP contribution < -0.4 is 11.1 Å². The van der Waals surface area contributed by atoms with Crippen LogP contribution in [-0.2, 0) is 9.59 Å². The van der Waals surface area contributed by atoms with Crippen molar-refractivity contribution < 1.29 is 14.0 Å². The van der Waals surface area contributed by atoms with Gasteiger partial charge in [-0.1, -0.05) is 6.92 Å². The van der Waals surface area contributed by atoms with Crippen LogP contribution in [0, 0.1) is 0 Å². The number of nitrogens with zero attached hydrogens (tertiary/aromatic N) is 1. The van der Waals surface area contributed by atoms with E-state index in [-0.39, 0.29) is 30.4 Å². The van der Waals surface area contributed by atoms with Crippen molar-refractivity contribution >= 4 is 11.8 Å². The van der Waals surface area contributed by atoms with Crippen molar-refractivity contribution in [3.05, 3.63) is 24.2 Å². The molecule has 2 amide bonds. The van der Waals surface area contributed by atoms with Crippen LogP contribution in [0.25, 0.3) is 0 Å². The third-order valence-corrected chi connectivity index (χ3v) is 3.17. The van der Waals surface area contributed by atoms with Crippen molar-refractivity contribution in [3.8, 4) is 0 Å². The molecule has 6 nitrogen and oxygen atoms in total. The quantitative estimate of drug-likeness (QED) is 0.736. The van der Waals surface area contributed by atoms with Crippen molar-refractivity contribution in [2.75, 3.05) is 13.1 Å². The van der Waals surface area contributed by atoms with Crippen LogP contribution >= 0.6 is 0 Å². The highest BCUT2D eigenvalue weighted by Gasteiger charge is 2.37. The molecule has 0 aliphatic carbocycles. The van der Waals surface area contributed by atoms with E-state index >= 15 is 0 Å². The normalized spacial score (nSPS) is 22.9. The van der Waals surface area contributed by atoms with Crippen LogP contribution in [0.1, 0.15) is 25.1 Å². The van der Waals surface area contributed by atoms with E-state index < -0.39 is 0 Å². The Morgan fingerprint density at radius 3 is 2.94 bits per heavy atom. The molecule has 1 fully saturated rings. The van der Waals surface area contributed by atoms with E-state index in [1.54, 1.807) is 23.3 Å². The Kier molecular flexibility index (Phi) is 3.78. The molecule has 0 spiro atoms. The Morgan fingerprint density at radius 2 is 2.39 bits per heavy atom. The maximum absolute atomic E-state index is 11.8. The number of carbonyl (C=O) groups is 2. The van der Waals surface area contributed by atoms with Gasteiger partial charge in [-0.3, -0.25) is 19.8 Å². The molecule has 1 saturated heterocycles. The van der Waals surface area contributed by atoms with Gasteiger partial charge in [-0.05, 0) is 18.6 Å². The summed E-state index contributed by atoms with van der Waals surface area (Å²) in [5, 5.41) is 2.34. The second-order valence-electron chi connectivity index (χ2n) is 4.28. The lowest BCUT2D eigenvalue weighted by molar-refractivity contribution is -0.141. The van der Waals surface area contributed by atoms with Crippen LogP contribution in [0.5, 0.6) is 0 Å². The lowest BCUT2D eigenvalue weighted by Crippen LogP contribution is -2.59. The lowest BCUT2D eigenvalue weighted by atomic mass is 10.0. The number of imide groups is 1. The molecule has 1 aromatic rings. The smallest absolute Gasteiger partial charge is 0.243 e. The number of piperazine rings is 1. The fourth-order valence-electron chi connectivity index (χ4n) is 2.33. The Hall–Kier alpha value is -1.66. The number of carbonyl (C=O) groups excluding carboxylic acids is 2. The summed E-state index contributed by atoms with van der Waals surface area (Å²) < 4.78 is 5.34. The van der Waals surface area contributed by atoms with Gasteiger partial charge in [0.2, 0.25) is 11.8 Å². The second-order valence-corrected chi connectivity index (χ2v) is 4.28. The third kappa shape index (κ3) is 2.30. The average Bonchev–Trinajstić information content (AvgIpc) is 2.83. The predicted molar refractivity (Wildman–Crippen MR) is 64.4 cm³/mol. The number of amides is 2. The summed E-state index contributed by atoms with van der Waals surface area (Å²) in [5.41, 5.74) is 5.76. The highest BCUT2D eigenvalue weighted by atomic mass is 16.3. The van der Waals surface area contributed by atoms with Gasteiger partial charge in [0.15, 0.2) is 0 Å². The minimum absolute atomic E-state index is 0.160. The van der Waals surface area contributed by atoms with Crippen LogP contribution in [0.4, 0.5) is 0 Å². The second kappa shape index (κ2) is 5.32. The summed E-state index contributed by atoms with van der Waals surface area (Å²) in [6, 6.07) is 2.98. The maximum atomic E-state index is 11.8. The molecule has 0 bridgehead atoms. The van der Waals surface area contributed by atoms with Gasteiger partial charge in [0.05, 0.1) is 24.9 Å². The Labute approximate surface area is 105 Å². The number of hydrogen-bond donors (Lipinski definition) is 2. The molecule has 2 unspecified atom stereocenters. The number of rotatable bonds is 4. The molecule has 1 aliphatic heterocycles. The molecular weight excluding hydrogens is 234 g/mol. The first-order chi connectivity index (χ1) is 8.67. The van der Waals surface area contributed by atoms with E-state index in [4.69, 9.17) is 10.2 Å². The van der Waals surface area contributed by atoms with Gasteiger partial charge in [-0.15, -0.1) is 0 Å². The van der Waals surface area contributed by atoms with E-state index in [1.165, 1.54) is 0 Å². The summed E-state index contributed by atoms with van der Waals surface area (Å²) in [6.45, 7) is 2.36. The van der Waals surface area contributed by atoms with E-state index in [1.807, 2.05) is 6.92 Å². The Bertz CT molecular complexity index is 430. The zero-order chi connectivity index (χ0) is 13.1. The van der Waals surface area contributed by atoms with Crippen molar-refractivity contribution in [1.82, 2.24) is 10.2 Å². The fraction of sp³-hybridized carbons (Fsp3) is 0.500. The molecule has 18 heavy (non-hydrogen) atoms. The Morgan fingerprint density at radius 1 is 1.61 bits per heavy atom. The largest absolute Gasteiger partial charge is 0.468 e. The minimum Gasteiger partial charge on any atom is -0.468 e. The number of nitrogens with two attached hydrogens (primary N) is 1. The Balaban J connectivity index is 2.27. The molecule has 0 radical (unpaired) electrons. The molecular formula is C12H17N3O3. The van der Waals surface area contributed by atoms with Gasteiger partial charge in [0, 0.05) is 6.54 Å². The van der Waals surface area contributed by atoms with Gasteiger partial charge in [-0.2, -0.15) is 0 Å². The zero-order valence-electron chi connectivity index (χ0n) is 10.3. The van der Waals surface area contributed by atoms with E-state index in [2.05, 4.69) is 5.32 Å². The summed E-state index contributed by atoms with van der Waals surface area (Å²) in [6.07, 6.45) is 2.18. The van der Waals surface area contributed by atoms with Crippen molar-refractivity contribution in [2.24, 2.45) is 5.73 Å². The topological polar surface area (TPSA) is 88.6 Å². The third-order valence-electron chi connectivity index (χ3n) is 3.17. The number of furan rings is 1. The molecule has 0 aromatic carbocycles. The summed E-state index contributed by atoms with van der Waals surface area (Å²) >= 11 is 0. The molecule has 1 aromatic heterocycles. The van der Waals surface area contributed by atoms with Gasteiger partial charge in [-0.25, -0.2) is 0 Å². The molecule has 2 rings (SSSR count). The SMILES string of the molecule is CCC1C(=O)NC(=O)CN1C(CN)c1ccco1. The van der Waals surface area contributed by atoms with Crippen molar-refractivity contribution in [2.45, 2.75) is 25.4 Å². The monoisotopic (exact) mass is 251 g/mol. The van der Waals surface area contributed by atoms with Gasteiger partial charge >= 0.3 is 0 Å². The van der Waals surface area contributed by atoms with Crippen molar-refractivity contribution in [3.63, 3.8) is 0 Å². The van der Waals surface area contributed by atoms with E-state index in [9.17, 15) is 9.59 Å². The standard InChI is InChI=1S/C12H17N3O3/c1-2-8-12(17)14-11(16)7-15(8)9(6-13)10-4-3-5-18-10/h3-5,8-9H,2,6-7,13H2,1H3,(H,14,16,17). The van der Waals surface area contributed by atoms with Gasteiger partial charge < -0.3 is 10.2 Å². The average molecular weight is 251 g/mol. The van der Waals surface area contributed by atoms with Crippen LogP contribution in [0.15, 0.2) is 22.8 Å². The molecule has 3 N–H and O–H groups in total. The first-order valence-corrected chi connectivity index (χ1v) is 6.00. The molecule has 2 heterocycles. The van der Waals surface area contributed by atoms with E-state index in [0.29, 0.717) is 18.7 Å². The molecule has 6 heteroatoms. The number of hydrogen-bond acceptors (Lipinski definition) is 5. The molecule has 1 aliphatic rings. The van der Waals surface area contributed by atoms with Crippen LogP contribution in [0.3, 0.4) is 0 Å². The molecule has 2 atom stereocenters. The van der Waals surface area contributed by atoms with E-state index in [0.717, 1.165) is 0 Å². The maximum Gasteiger partial charge on any atom is 0.243 e. The first kappa shape index (κ1) is 12.8. The number of nitrogens with one attached hydrogen (secondary N) is 1. The highest BCUT2D eigenvalue weighted by Crippen LogP contribution is 2.25. The van der Waals surface area contributed by atoms with Crippen LogP contribution in [0.2, 0.25) is 0 Å². The summed E-state index contributed by atoms with van der Waals surface area (Å²) in [5.74, 6) is 0.118. The van der Waals surface area contributed by atoms with Crippen molar-refractivity contribution in [1.29, 1.82) is 0 Å². The zero-order valence-corrected chi connectivity index (χ0v) is 10.3. The summed E-state index contributed by atoms with van der Waals surface area (Å²) in [7, 11) is 0. The molecule has 0 saturated carbocycles. The first-order valence-electron chi connectivity index (χ1n) is 6.00. The van der Waals surface area contributed by atoms with Gasteiger partial charge in [0.25, 0.3) is 0 Å². The van der Waals surface area contributed by atoms with Crippen LogP contribution in [-0.4, -0.2) is 35.8 Å². The lowest BCUT2D eigenvalue weighted by Gasteiger charge is -2.37. The highest BCUT2D eigenvalue weighted by molar-refractivity contribution is 6.01.